The molecule has 0 aromatic rings. The highest BCUT2D eigenvalue weighted by molar-refractivity contribution is 5.86. The second-order valence-corrected chi connectivity index (χ2v) is 14.3. The fourth-order valence-electron chi connectivity index (χ4n) is 11.2. The van der Waals surface area contributed by atoms with Crippen LogP contribution in [-0.4, -0.2) is 34.0 Å². The van der Waals surface area contributed by atoms with Gasteiger partial charge < -0.3 is 15.3 Å². The van der Waals surface area contributed by atoms with E-state index < -0.39 is 5.97 Å². The predicted octanol–water partition coefficient (Wildman–Crippen LogP) is 6.21. The molecule has 3 N–H and O–H groups in total. The van der Waals surface area contributed by atoms with Crippen molar-refractivity contribution in [2.75, 3.05) is 6.61 Å². The van der Waals surface area contributed by atoms with E-state index in [1.165, 1.54) is 51.4 Å². The lowest BCUT2D eigenvalue weighted by atomic mass is 9.41. The summed E-state index contributed by atoms with van der Waals surface area (Å²) in [6.07, 6.45) is 15.0. The molecule has 5 rings (SSSR count). The van der Waals surface area contributed by atoms with Crippen LogP contribution in [0, 0.1) is 50.7 Å². The van der Waals surface area contributed by atoms with Gasteiger partial charge >= 0.3 is 5.97 Å². The van der Waals surface area contributed by atoms with Gasteiger partial charge in [0.25, 0.3) is 0 Å². The smallest absolute Gasteiger partial charge is 0.333 e. The van der Waals surface area contributed by atoms with Gasteiger partial charge in [0.05, 0.1) is 18.3 Å². The number of rotatable bonds is 6. The number of fused-ring (bicyclic) bond motifs is 2. The molecule has 5 fully saturated rings. The van der Waals surface area contributed by atoms with E-state index in [1.807, 2.05) is 0 Å². The van der Waals surface area contributed by atoms with Crippen molar-refractivity contribution in [2.24, 2.45) is 50.7 Å². The summed E-state index contributed by atoms with van der Waals surface area (Å²) in [5, 5.41) is 29.4. The zero-order valence-electron chi connectivity index (χ0n) is 22.2. The number of aliphatic hydroxyl groups excluding tert-OH is 2. The topological polar surface area (TPSA) is 77.8 Å². The third-order valence-corrected chi connectivity index (χ3v) is 13.3. The Balaban J connectivity index is 1.35. The van der Waals surface area contributed by atoms with Crippen molar-refractivity contribution in [1.29, 1.82) is 0 Å². The zero-order valence-corrected chi connectivity index (χ0v) is 22.2. The number of aliphatic carboxylic acids is 1. The fourth-order valence-corrected chi connectivity index (χ4v) is 11.2. The first-order valence-electron chi connectivity index (χ1n) is 14.1. The van der Waals surface area contributed by atoms with Gasteiger partial charge in [-0.25, -0.2) is 4.79 Å². The Kier molecular flexibility index (Phi) is 5.70. The number of carbonyl (C=O) groups is 1. The van der Waals surface area contributed by atoms with Crippen LogP contribution < -0.4 is 0 Å². The molecule has 4 nitrogen and oxygen atoms in total. The van der Waals surface area contributed by atoms with E-state index in [9.17, 15) is 20.1 Å². The summed E-state index contributed by atoms with van der Waals surface area (Å²) in [4.78, 5) is 11.2. The molecule has 0 amide bonds. The lowest BCUT2D eigenvalue weighted by Gasteiger charge is -2.63. The summed E-state index contributed by atoms with van der Waals surface area (Å²) >= 11 is 0. The fraction of sp³-hybridized carbons (Fsp3) is 0.900. The van der Waals surface area contributed by atoms with Crippen LogP contribution in [0.25, 0.3) is 0 Å². The van der Waals surface area contributed by atoms with E-state index >= 15 is 0 Å². The first kappa shape index (κ1) is 24.8. The average molecular weight is 473 g/mol. The predicted molar refractivity (Wildman–Crippen MR) is 134 cm³/mol. The highest BCUT2D eigenvalue weighted by Crippen LogP contribution is 2.89. The molecule has 5 aliphatic rings. The molecule has 0 saturated heterocycles. The number of aliphatic hydroxyl groups is 2. The molecule has 5 saturated carbocycles. The maximum atomic E-state index is 11.2. The molecule has 0 aliphatic heterocycles. The van der Waals surface area contributed by atoms with Crippen LogP contribution in [-0.2, 0) is 4.79 Å². The largest absolute Gasteiger partial charge is 0.478 e. The van der Waals surface area contributed by atoms with Crippen LogP contribution in [0.2, 0.25) is 0 Å². The minimum atomic E-state index is -1.000. The van der Waals surface area contributed by atoms with Gasteiger partial charge in [-0.15, -0.1) is 0 Å². The van der Waals surface area contributed by atoms with Crippen molar-refractivity contribution in [1.82, 2.24) is 0 Å². The van der Waals surface area contributed by atoms with Gasteiger partial charge in [0.2, 0.25) is 0 Å². The first-order chi connectivity index (χ1) is 15.9. The Hall–Kier alpha value is -0.870. The Bertz CT molecular complexity index is 877. The Labute approximate surface area is 206 Å². The summed E-state index contributed by atoms with van der Waals surface area (Å²) in [7, 11) is 0. The maximum absolute atomic E-state index is 11.2. The molecular weight excluding hydrogens is 424 g/mol. The lowest BCUT2D eigenvalue weighted by molar-refractivity contribution is -0.161. The highest BCUT2D eigenvalue weighted by atomic mass is 16.4. The van der Waals surface area contributed by atoms with Gasteiger partial charge in [-0.3, -0.25) is 0 Å². The summed E-state index contributed by atoms with van der Waals surface area (Å²) in [6.45, 7) is 11.9. The summed E-state index contributed by atoms with van der Waals surface area (Å²) in [5.41, 5.74) is 1.96. The number of allylic oxidation sites excluding steroid dienone is 1. The van der Waals surface area contributed by atoms with Crippen molar-refractivity contribution in [3.8, 4) is 0 Å². The van der Waals surface area contributed by atoms with E-state index in [4.69, 9.17) is 0 Å². The quantitative estimate of drug-likeness (QED) is 0.402. The summed E-state index contributed by atoms with van der Waals surface area (Å²) in [5.74, 6) is 1.78. The van der Waals surface area contributed by atoms with Gasteiger partial charge in [-0.2, -0.15) is 0 Å². The molecule has 5 aliphatic carbocycles. The standard InChI is InChI=1S/C30H48O4/c1-19(7-6-8-20(17-31)25(33)34)21-11-13-28(5)23-10-9-22-26(2,3)24(32)12-14-29(22)18-30(23,29)16-15-27(21,28)4/h8,19,21-24,31-32H,6-7,9-18H2,1-5H3,(H,33,34)/b20-8+. The van der Waals surface area contributed by atoms with Gasteiger partial charge in [0, 0.05) is 0 Å². The van der Waals surface area contributed by atoms with Crippen molar-refractivity contribution in [3.63, 3.8) is 0 Å². The van der Waals surface area contributed by atoms with Gasteiger partial charge in [-0.1, -0.05) is 40.7 Å². The van der Waals surface area contributed by atoms with Crippen molar-refractivity contribution >= 4 is 5.97 Å². The zero-order chi connectivity index (χ0) is 24.7. The molecule has 192 valence electrons. The molecule has 0 radical (unpaired) electrons. The van der Waals surface area contributed by atoms with Crippen LogP contribution >= 0.6 is 0 Å². The van der Waals surface area contributed by atoms with Gasteiger partial charge in [0.1, 0.15) is 0 Å². The first-order valence-corrected chi connectivity index (χ1v) is 14.1. The molecule has 0 aromatic heterocycles. The molecule has 9 unspecified atom stereocenters. The molecule has 9 atom stereocenters. The Morgan fingerprint density at radius 2 is 1.62 bits per heavy atom. The minimum absolute atomic E-state index is 0.0536. The van der Waals surface area contributed by atoms with Crippen molar-refractivity contribution in [3.05, 3.63) is 11.6 Å². The molecule has 2 spiro atoms. The van der Waals surface area contributed by atoms with E-state index in [-0.39, 0.29) is 23.7 Å². The maximum Gasteiger partial charge on any atom is 0.333 e. The normalized spacial score (nSPS) is 49.9. The van der Waals surface area contributed by atoms with E-state index in [1.54, 1.807) is 6.08 Å². The molecule has 0 bridgehead atoms. The van der Waals surface area contributed by atoms with Crippen molar-refractivity contribution < 1.29 is 20.1 Å². The highest BCUT2D eigenvalue weighted by Gasteiger charge is 2.82. The van der Waals surface area contributed by atoms with Gasteiger partial charge in [0.15, 0.2) is 0 Å². The molecular formula is C30H48O4. The molecule has 0 aromatic carbocycles. The summed E-state index contributed by atoms with van der Waals surface area (Å²) < 4.78 is 0. The van der Waals surface area contributed by atoms with Crippen molar-refractivity contribution in [2.45, 2.75) is 111 Å². The summed E-state index contributed by atoms with van der Waals surface area (Å²) in [6, 6.07) is 0. The van der Waals surface area contributed by atoms with Crippen LogP contribution in [0.15, 0.2) is 11.6 Å². The third kappa shape index (κ3) is 3.00. The number of carboxylic acid groups (broad SMARTS) is 1. The molecule has 4 heteroatoms. The van der Waals surface area contributed by atoms with Crippen LogP contribution in [0.1, 0.15) is 105 Å². The van der Waals surface area contributed by atoms with Crippen LogP contribution in [0.5, 0.6) is 0 Å². The molecule has 0 heterocycles. The second kappa shape index (κ2) is 7.81. The van der Waals surface area contributed by atoms with Crippen LogP contribution in [0.4, 0.5) is 0 Å². The Morgan fingerprint density at radius 1 is 0.941 bits per heavy atom. The SMILES string of the molecule is CC(CC/C=C(\CO)C(=O)O)C1CCC2(C)C3CCC4C(C)(C)C(O)CCC45CC35CCC12C. The Morgan fingerprint density at radius 3 is 2.29 bits per heavy atom. The lowest BCUT2D eigenvalue weighted by Crippen LogP contribution is -2.57. The molecule has 34 heavy (non-hydrogen) atoms. The van der Waals surface area contributed by atoms with E-state index in [2.05, 4.69) is 34.6 Å². The number of hydrogen-bond acceptors (Lipinski definition) is 3. The average Bonchev–Trinajstić information content (AvgIpc) is 3.36. The van der Waals surface area contributed by atoms with E-state index in [0.717, 1.165) is 25.2 Å². The second-order valence-electron chi connectivity index (χ2n) is 14.3. The van der Waals surface area contributed by atoms with Crippen LogP contribution in [0.3, 0.4) is 0 Å². The number of carboxylic acids is 1. The monoisotopic (exact) mass is 472 g/mol. The van der Waals surface area contributed by atoms with Gasteiger partial charge in [-0.05, 0) is 121 Å². The third-order valence-electron chi connectivity index (χ3n) is 13.3. The minimum Gasteiger partial charge on any atom is -0.478 e. The number of hydrogen-bond donors (Lipinski definition) is 3. The van der Waals surface area contributed by atoms with E-state index in [0.29, 0.717) is 39.4 Å².